The van der Waals surface area contributed by atoms with Crippen molar-refractivity contribution in [3.8, 4) is 5.75 Å². The Hall–Kier alpha value is -3.84. The van der Waals surface area contributed by atoms with Crippen LogP contribution >= 0.6 is 0 Å². The number of carboxylic acid groups (broad SMARTS) is 1. The van der Waals surface area contributed by atoms with E-state index in [-0.39, 0.29) is 12.5 Å². The van der Waals surface area contributed by atoms with Gasteiger partial charge in [0.05, 0.1) is 24.1 Å². The molecular weight excluding hydrogens is 422 g/mol. The lowest BCUT2D eigenvalue weighted by atomic mass is 9.81. The van der Waals surface area contributed by atoms with Crippen LogP contribution in [0.3, 0.4) is 0 Å². The van der Waals surface area contributed by atoms with E-state index in [0.29, 0.717) is 35.5 Å². The van der Waals surface area contributed by atoms with Crippen molar-refractivity contribution in [1.29, 1.82) is 0 Å². The van der Waals surface area contributed by atoms with Crippen molar-refractivity contribution in [2.45, 2.75) is 18.9 Å². The number of para-hydroxylation sites is 2. The van der Waals surface area contributed by atoms with Gasteiger partial charge in [0.2, 0.25) is 0 Å². The van der Waals surface area contributed by atoms with Gasteiger partial charge in [-0.05, 0) is 54.3 Å². The highest BCUT2D eigenvalue weighted by atomic mass is 16.6. The minimum atomic E-state index is -1.06. The van der Waals surface area contributed by atoms with E-state index in [1.54, 1.807) is 18.2 Å². The standard InChI is InChI=1S/C26H25NO6/c28-24(29)17-32-23-13-7-12-22-21(23)15-14-18(25(22)30)16-33-26(31)27(19-8-3-1-4-9-19)20-10-5-2-6-11-20/h1-13,18,25,30H,14-17H2,(H,28,29)/t18-,25+/m1/s1. The molecule has 33 heavy (non-hydrogen) atoms. The molecule has 1 aliphatic carbocycles. The summed E-state index contributed by atoms with van der Waals surface area (Å²) in [6.07, 6.45) is -0.211. The highest BCUT2D eigenvalue weighted by Gasteiger charge is 2.31. The van der Waals surface area contributed by atoms with Crippen LogP contribution in [0.1, 0.15) is 23.7 Å². The zero-order valence-corrected chi connectivity index (χ0v) is 18.0. The van der Waals surface area contributed by atoms with Gasteiger partial charge in [0.1, 0.15) is 5.75 Å². The second-order valence-corrected chi connectivity index (χ2v) is 7.83. The van der Waals surface area contributed by atoms with E-state index < -0.39 is 24.8 Å². The molecular formula is C26H25NO6. The van der Waals surface area contributed by atoms with Gasteiger partial charge in [0.25, 0.3) is 0 Å². The topological polar surface area (TPSA) is 96.3 Å². The maximum absolute atomic E-state index is 13.1. The van der Waals surface area contributed by atoms with Crippen molar-refractivity contribution in [3.63, 3.8) is 0 Å². The third-order valence-electron chi connectivity index (χ3n) is 5.68. The van der Waals surface area contributed by atoms with E-state index in [1.165, 1.54) is 4.90 Å². The van der Waals surface area contributed by atoms with Crippen molar-refractivity contribution >= 4 is 23.4 Å². The van der Waals surface area contributed by atoms with E-state index in [4.69, 9.17) is 14.6 Å². The fourth-order valence-corrected chi connectivity index (χ4v) is 4.07. The molecule has 4 rings (SSSR count). The van der Waals surface area contributed by atoms with Gasteiger partial charge in [0.15, 0.2) is 6.61 Å². The number of aliphatic hydroxyl groups excluding tert-OH is 1. The first kappa shape index (κ1) is 22.4. The predicted octanol–water partition coefficient (Wildman–Crippen LogP) is 4.72. The molecule has 0 bridgehead atoms. The Labute approximate surface area is 191 Å². The third-order valence-corrected chi connectivity index (χ3v) is 5.68. The van der Waals surface area contributed by atoms with Crippen molar-refractivity contribution < 1.29 is 29.3 Å². The zero-order valence-electron chi connectivity index (χ0n) is 18.0. The molecule has 0 radical (unpaired) electrons. The summed E-state index contributed by atoms with van der Waals surface area (Å²) in [4.78, 5) is 25.4. The molecule has 3 aromatic rings. The number of anilines is 2. The molecule has 1 aliphatic rings. The molecule has 0 spiro atoms. The van der Waals surface area contributed by atoms with Gasteiger partial charge in [-0.3, -0.25) is 0 Å². The van der Waals surface area contributed by atoms with Gasteiger partial charge in [-0.2, -0.15) is 0 Å². The average molecular weight is 447 g/mol. The Balaban J connectivity index is 1.47. The van der Waals surface area contributed by atoms with Gasteiger partial charge >= 0.3 is 12.1 Å². The molecule has 0 aromatic heterocycles. The molecule has 170 valence electrons. The number of fused-ring (bicyclic) bond motifs is 1. The van der Waals surface area contributed by atoms with Gasteiger partial charge in [-0.15, -0.1) is 0 Å². The van der Waals surface area contributed by atoms with Crippen LogP contribution in [0.5, 0.6) is 5.75 Å². The minimum absolute atomic E-state index is 0.0514. The average Bonchev–Trinajstić information content (AvgIpc) is 2.84. The second-order valence-electron chi connectivity index (χ2n) is 7.83. The SMILES string of the molecule is O=C(O)COc1cccc2c1CC[C@H](COC(=O)N(c1ccccc1)c1ccccc1)[C@@H]2O. The molecule has 2 atom stereocenters. The Morgan fingerprint density at radius 1 is 0.909 bits per heavy atom. The van der Waals surface area contributed by atoms with Crippen molar-refractivity contribution in [2.75, 3.05) is 18.1 Å². The number of aliphatic carboxylic acids is 1. The lowest BCUT2D eigenvalue weighted by Crippen LogP contribution is -2.31. The fraction of sp³-hybridized carbons (Fsp3) is 0.231. The van der Waals surface area contributed by atoms with Gasteiger partial charge in [-0.25, -0.2) is 14.5 Å². The molecule has 1 amide bonds. The smallest absolute Gasteiger partial charge is 0.418 e. The molecule has 0 aliphatic heterocycles. The molecule has 7 nitrogen and oxygen atoms in total. The zero-order chi connectivity index (χ0) is 23.2. The summed E-state index contributed by atoms with van der Waals surface area (Å²) in [7, 11) is 0. The molecule has 2 N–H and O–H groups in total. The van der Waals surface area contributed by atoms with Crippen LogP contribution in [0.25, 0.3) is 0 Å². The summed E-state index contributed by atoms with van der Waals surface area (Å²) in [5.74, 6) is -0.886. The summed E-state index contributed by atoms with van der Waals surface area (Å²) in [6.45, 7) is -0.391. The van der Waals surface area contributed by atoms with Gasteiger partial charge < -0.3 is 19.7 Å². The Kier molecular flexibility index (Phi) is 6.90. The number of benzene rings is 3. The van der Waals surface area contributed by atoms with Crippen LogP contribution < -0.4 is 9.64 Å². The number of carbonyl (C=O) groups excluding carboxylic acids is 1. The number of hydrogen-bond acceptors (Lipinski definition) is 5. The number of ether oxygens (including phenoxy) is 2. The van der Waals surface area contributed by atoms with E-state index >= 15 is 0 Å². The Morgan fingerprint density at radius 2 is 1.55 bits per heavy atom. The van der Waals surface area contributed by atoms with Crippen molar-refractivity contribution in [3.05, 3.63) is 90.0 Å². The lowest BCUT2D eigenvalue weighted by Gasteiger charge is -2.31. The van der Waals surface area contributed by atoms with E-state index in [2.05, 4.69) is 0 Å². The van der Waals surface area contributed by atoms with Crippen LogP contribution in [0.2, 0.25) is 0 Å². The normalized spacial score (nSPS) is 17.0. The first-order valence-electron chi connectivity index (χ1n) is 10.8. The Morgan fingerprint density at radius 3 is 2.15 bits per heavy atom. The van der Waals surface area contributed by atoms with E-state index in [9.17, 15) is 14.7 Å². The molecule has 0 fully saturated rings. The van der Waals surface area contributed by atoms with E-state index in [0.717, 1.165) is 5.56 Å². The number of carboxylic acids is 1. The van der Waals surface area contributed by atoms with Crippen LogP contribution in [0, 0.1) is 5.92 Å². The number of amides is 1. The van der Waals surface area contributed by atoms with Crippen molar-refractivity contribution in [1.82, 2.24) is 0 Å². The van der Waals surface area contributed by atoms with Gasteiger partial charge in [0, 0.05) is 5.92 Å². The van der Waals surface area contributed by atoms with Crippen LogP contribution in [0.15, 0.2) is 78.9 Å². The van der Waals surface area contributed by atoms with Crippen molar-refractivity contribution in [2.24, 2.45) is 5.92 Å². The summed E-state index contributed by atoms with van der Waals surface area (Å²) in [6, 6.07) is 23.7. The third kappa shape index (κ3) is 5.15. The molecule has 0 saturated carbocycles. The second kappa shape index (κ2) is 10.2. The fourth-order valence-electron chi connectivity index (χ4n) is 4.07. The van der Waals surface area contributed by atoms with E-state index in [1.807, 2.05) is 60.7 Å². The summed E-state index contributed by atoms with van der Waals surface area (Å²) in [5.41, 5.74) is 2.84. The summed E-state index contributed by atoms with van der Waals surface area (Å²) in [5, 5.41) is 19.8. The maximum atomic E-state index is 13.1. The number of carbonyl (C=O) groups is 2. The first-order valence-corrected chi connectivity index (χ1v) is 10.8. The molecule has 7 heteroatoms. The number of nitrogens with zero attached hydrogens (tertiary/aromatic N) is 1. The first-order chi connectivity index (χ1) is 16.0. The summed E-state index contributed by atoms with van der Waals surface area (Å²) >= 11 is 0. The molecule has 3 aromatic carbocycles. The number of aliphatic hydroxyl groups is 1. The Bertz CT molecular complexity index is 1060. The maximum Gasteiger partial charge on any atom is 0.418 e. The quantitative estimate of drug-likeness (QED) is 0.544. The highest BCUT2D eigenvalue weighted by molar-refractivity contribution is 5.95. The molecule has 0 saturated heterocycles. The molecule has 0 unspecified atom stereocenters. The minimum Gasteiger partial charge on any atom is -0.482 e. The predicted molar refractivity (Wildman–Crippen MR) is 123 cm³/mol. The number of rotatable bonds is 7. The molecule has 0 heterocycles. The largest absolute Gasteiger partial charge is 0.482 e. The number of hydrogen-bond donors (Lipinski definition) is 2. The van der Waals surface area contributed by atoms with Crippen LogP contribution in [0.4, 0.5) is 16.2 Å². The monoisotopic (exact) mass is 447 g/mol. The van der Waals surface area contributed by atoms with Crippen LogP contribution in [-0.4, -0.2) is 35.5 Å². The van der Waals surface area contributed by atoms with Gasteiger partial charge in [-0.1, -0.05) is 48.5 Å². The summed E-state index contributed by atoms with van der Waals surface area (Å²) < 4.78 is 11.0. The lowest BCUT2D eigenvalue weighted by molar-refractivity contribution is -0.139. The van der Waals surface area contributed by atoms with Crippen LogP contribution in [-0.2, 0) is 16.0 Å². The highest BCUT2D eigenvalue weighted by Crippen LogP contribution is 2.39.